The lowest BCUT2D eigenvalue weighted by atomic mass is 9.65. The van der Waals surface area contributed by atoms with Gasteiger partial charge in [0.25, 0.3) is 0 Å². The van der Waals surface area contributed by atoms with Crippen molar-refractivity contribution in [3.05, 3.63) is 36.0 Å². The van der Waals surface area contributed by atoms with E-state index in [-0.39, 0.29) is 11.8 Å². The molecule has 136 valence electrons. The molecule has 2 aliphatic rings. The number of alkyl halides is 1. The quantitative estimate of drug-likeness (QED) is 0.408. The lowest BCUT2D eigenvalue weighted by Gasteiger charge is -2.38. The predicted molar refractivity (Wildman–Crippen MR) is 103 cm³/mol. The Morgan fingerprint density at radius 2 is 1.92 bits per heavy atom. The molecule has 0 N–H and O–H groups in total. The van der Waals surface area contributed by atoms with Gasteiger partial charge in [0, 0.05) is 16.5 Å². The highest BCUT2D eigenvalue weighted by atomic mass is 79.9. The molecule has 1 heterocycles. The summed E-state index contributed by atoms with van der Waals surface area (Å²) >= 11 is 3.54. The first-order chi connectivity index (χ1) is 12.1. The Kier molecular flexibility index (Phi) is 3.65. The van der Waals surface area contributed by atoms with Crippen molar-refractivity contribution in [1.29, 1.82) is 0 Å². The molecule has 0 spiro atoms. The normalized spacial score (nSPS) is 32.2. The number of carbonyl (C=O) groups excluding carboxylic acids is 2. The fourth-order valence-electron chi connectivity index (χ4n) is 4.89. The van der Waals surface area contributed by atoms with Gasteiger partial charge >= 0.3 is 5.97 Å². The number of hydrogen-bond donors (Lipinski definition) is 0. The maximum absolute atomic E-state index is 13.4. The number of pyridine rings is 1. The van der Waals surface area contributed by atoms with Crippen LogP contribution in [0.25, 0.3) is 10.9 Å². The van der Waals surface area contributed by atoms with Gasteiger partial charge in [-0.1, -0.05) is 54.9 Å². The van der Waals surface area contributed by atoms with Gasteiger partial charge in [0.1, 0.15) is 5.52 Å². The smallest absolute Gasteiger partial charge is 0.319 e. The molecule has 2 fully saturated rings. The minimum atomic E-state index is -0.856. The van der Waals surface area contributed by atoms with E-state index in [1.54, 1.807) is 6.07 Å². The molecule has 0 amide bonds. The molecule has 2 aromatic rings. The zero-order valence-corrected chi connectivity index (χ0v) is 17.0. The molecular weight excluding hydrogens is 394 g/mol. The SMILES string of the molecule is Cc1ccc2cccc(OC(=O)C34CCC(C)(C(=O)C3Br)C4(C)C)c2n1. The van der Waals surface area contributed by atoms with Crippen molar-refractivity contribution in [3.63, 3.8) is 0 Å². The Morgan fingerprint density at radius 3 is 2.58 bits per heavy atom. The van der Waals surface area contributed by atoms with Crippen LogP contribution in [0.3, 0.4) is 0 Å². The number of hydrogen-bond acceptors (Lipinski definition) is 4. The van der Waals surface area contributed by atoms with Gasteiger partial charge in [0.2, 0.25) is 0 Å². The molecule has 26 heavy (non-hydrogen) atoms. The second-order valence-corrected chi connectivity index (χ2v) is 9.24. The fourth-order valence-corrected chi connectivity index (χ4v) is 6.39. The summed E-state index contributed by atoms with van der Waals surface area (Å²) in [6.07, 6.45) is 1.36. The van der Waals surface area contributed by atoms with Gasteiger partial charge in [-0.15, -0.1) is 0 Å². The average Bonchev–Trinajstić information content (AvgIpc) is 2.87. The molecule has 5 heteroatoms. The van der Waals surface area contributed by atoms with Gasteiger partial charge in [-0.25, -0.2) is 4.98 Å². The third-order valence-electron chi connectivity index (χ3n) is 7.11. The van der Waals surface area contributed by atoms with E-state index in [0.717, 1.165) is 11.1 Å². The Bertz CT molecular complexity index is 953. The van der Waals surface area contributed by atoms with E-state index in [1.807, 2.05) is 52.0 Å². The number of ether oxygens (including phenoxy) is 1. The molecule has 4 nitrogen and oxygen atoms in total. The summed E-state index contributed by atoms with van der Waals surface area (Å²) in [5.74, 6) is 0.223. The molecule has 3 atom stereocenters. The van der Waals surface area contributed by atoms with E-state index in [9.17, 15) is 9.59 Å². The van der Waals surface area contributed by atoms with Crippen LogP contribution >= 0.6 is 15.9 Å². The van der Waals surface area contributed by atoms with Crippen molar-refractivity contribution < 1.29 is 14.3 Å². The predicted octanol–water partition coefficient (Wildman–Crippen LogP) is 4.61. The maximum Gasteiger partial charge on any atom is 0.319 e. The van der Waals surface area contributed by atoms with E-state index < -0.39 is 21.1 Å². The second kappa shape index (κ2) is 5.38. The van der Waals surface area contributed by atoms with E-state index in [1.165, 1.54) is 0 Å². The van der Waals surface area contributed by atoms with Crippen molar-refractivity contribution in [2.75, 3.05) is 0 Å². The minimum Gasteiger partial charge on any atom is -0.424 e. The van der Waals surface area contributed by atoms with Crippen LogP contribution in [0.1, 0.15) is 39.3 Å². The van der Waals surface area contributed by atoms with E-state index in [0.29, 0.717) is 24.1 Å². The van der Waals surface area contributed by atoms with Crippen LogP contribution in [0, 0.1) is 23.2 Å². The third kappa shape index (κ3) is 1.92. The number of ketones is 1. The Hall–Kier alpha value is -1.75. The number of nitrogens with zero attached hydrogens (tertiary/aromatic N) is 1. The van der Waals surface area contributed by atoms with E-state index >= 15 is 0 Å². The van der Waals surface area contributed by atoms with E-state index in [2.05, 4.69) is 20.9 Å². The summed E-state index contributed by atoms with van der Waals surface area (Å²) in [7, 11) is 0. The molecule has 2 aliphatic carbocycles. The summed E-state index contributed by atoms with van der Waals surface area (Å²) in [6.45, 7) is 7.93. The van der Waals surface area contributed by atoms with Crippen LogP contribution in [-0.4, -0.2) is 21.6 Å². The van der Waals surface area contributed by atoms with Gasteiger partial charge in [-0.05, 0) is 37.3 Å². The van der Waals surface area contributed by atoms with Crippen LogP contribution in [0.2, 0.25) is 0 Å². The van der Waals surface area contributed by atoms with Crippen LogP contribution < -0.4 is 4.74 Å². The molecule has 4 rings (SSSR count). The van der Waals surface area contributed by atoms with E-state index in [4.69, 9.17) is 4.74 Å². The highest BCUT2D eigenvalue weighted by Gasteiger charge is 2.77. The Labute approximate surface area is 161 Å². The second-order valence-electron chi connectivity index (χ2n) is 8.33. The number of fused-ring (bicyclic) bond motifs is 3. The molecule has 2 saturated carbocycles. The van der Waals surface area contributed by atoms with Gasteiger partial charge in [-0.2, -0.15) is 0 Å². The molecule has 3 unspecified atom stereocenters. The lowest BCUT2D eigenvalue weighted by Crippen LogP contribution is -2.47. The Balaban J connectivity index is 1.78. The van der Waals surface area contributed by atoms with Gasteiger partial charge in [0.15, 0.2) is 11.5 Å². The van der Waals surface area contributed by atoms with Crippen molar-refractivity contribution in [2.24, 2.45) is 16.2 Å². The van der Waals surface area contributed by atoms with Crippen LogP contribution in [0.5, 0.6) is 5.75 Å². The first-order valence-electron chi connectivity index (χ1n) is 8.92. The molecule has 0 aliphatic heterocycles. The summed E-state index contributed by atoms with van der Waals surface area (Å²) in [5, 5.41) is 0.923. The largest absolute Gasteiger partial charge is 0.424 e. The number of esters is 1. The molecule has 2 bridgehead atoms. The van der Waals surface area contributed by atoms with Crippen molar-refractivity contribution >= 4 is 38.6 Å². The van der Waals surface area contributed by atoms with Gasteiger partial charge in [-0.3, -0.25) is 9.59 Å². The number of aryl methyl sites for hydroxylation is 1. The first-order valence-corrected chi connectivity index (χ1v) is 9.84. The first kappa shape index (κ1) is 17.7. The zero-order chi connectivity index (χ0) is 18.9. The third-order valence-corrected chi connectivity index (χ3v) is 8.31. The topological polar surface area (TPSA) is 56.3 Å². The molecule has 0 saturated heterocycles. The fraction of sp³-hybridized carbons (Fsp3) is 0.476. The number of halogens is 1. The average molecular weight is 416 g/mol. The standard InChI is InChI=1S/C21H22BrNO3/c1-12-8-9-13-6-5-7-14(15(13)23-12)26-18(25)21-11-10-20(4,19(21,2)3)17(24)16(21)22/h5-9,16H,10-11H2,1-4H3. The lowest BCUT2D eigenvalue weighted by molar-refractivity contribution is -0.150. The van der Waals surface area contributed by atoms with Crippen LogP contribution in [0.15, 0.2) is 30.3 Å². The number of rotatable bonds is 2. The number of Topliss-reactive ketones (excluding diaryl/α,β-unsaturated/α-hetero) is 1. The van der Waals surface area contributed by atoms with Crippen LogP contribution in [-0.2, 0) is 9.59 Å². The van der Waals surface area contributed by atoms with Gasteiger partial charge < -0.3 is 4.74 Å². The van der Waals surface area contributed by atoms with Crippen molar-refractivity contribution in [1.82, 2.24) is 4.98 Å². The number of aromatic nitrogens is 1. The summed E-state index contributed by atoms with van der Waals surface area (Å²) in [6, 6.07) is 9.47. The summed E-state index contributed by atoms with van der Waals surface area (Å²) < 4.78 is 5.90. The summed E-state index contributed by atoms with van der Waals surface area (Å²) in [5.41, 5.74) is -0.303. The Morgan fingerprint density at radius 1 is 1.19 bits per heavy atom. The zero-order valence-electron chi connectivity index (χ0n) is 15.4. The van der Waals surface area contributed by atoms with Crippen molar-refractivity contribution in [3.8, 4) is 5.75 Å². The molecule has 1 aromatic heterocycles. The molecule has 0 radical (unpaired) electrons. The number of para-hydroxylation sites is 1. The number of carbonyl (C=O) groups is 2. The van der Waals surface area contributed by atoms with Crippen molar-refractivity contribution in [2.45, 2.75) is 45.4 Å². The monoisotopic (exact) mass is 415 g/mol. The maximum atomic E-state index is 13.4. The highest BCUT2D eigenvalue weighted by Crippen LogP contribution is 2.72. The molecule has 1 aromatic carbocycles. The summed E-state index contributed by atoms with van der Waals surface area (Å²) in [4.78, 5) is 30.3. The molecular formula is C21H22BrNO3. The van der Waals surface area contributed by atoms with Crippen LogP contribution in [0.4, 0.5) is 0 Å². The van der Waals surface area contributed by atoms with Gasteiger partial charge in [0.05, 0.1) is 10.2 Å². The minimum absolute atomic E-state index is 0.109. The highest BCUT2D eigenvalue weighted by molar-refractivity contribution is 9.10. The number of benzene rings is 1.